The Morgan fingerprint density at radius 1 is 1.27 bits per heavy atom. The molecule has 1 aromatic rings. The molecule has 1 aromatic carbocycles. The fourth-order valence-corrected chi connectivity index (χ4v) is 2.33. The van der Waals surface area contributed by atoms with E-state index in [2.05, 4.69) is 10.1 Å². The van der Waals surface area contributed by atoms with Gasteiger partial charge in [0.25, 0.3) is 5.91 Å². The predicted molar refractivity (Wildman–Crippen MR) is 115 cm³/mol. The quantitative estimate of drug-likeness (QED) is 0.147. The molecule has 2 amide bonds. The highest BCUT2D eigenvalue weighted by Crippen LogP contribution is 2.23. The van der Waals surface area contributed by atoms with E-state index in [1.807, 2.05) is 0 Å². The van der Waals surface area contributed by atoms with E-state index in [9.17, 15) is 22.8 Å². The second kappa shape index (κ2) is 12.7. The number of ether oxygens (including phenoxy) is 2. The summed E-state index contributed by atoms with van der Waals surface area (Å²) in [6.07, 6.45) is -0.411. The fourth-order valence-electron chi connectivity index (χ4n) is 2.33. The summed E-state index contributed by atoms with van der Waals surface area (Å²) in [4.78, 5) is 24.6. The maximum atomic E-state index is 12.6. The lowest BCUT2D eigenvalue weighted by atomic mass is 9.96. The van der Waals surface area contributed by atoms with Crippen LogP contribution in [0.1, 0.15) is 17.3 Å². The average molecular weight is 471 g/mol. The van der Waals surface area contributed by atoms with Gasteiger partial charge in [0, 0.05) is 12.1 Å². The molecule has 0 aliphatic carbocycles. The molecule has 9 nitrogen and oxygen atoms in total. The molecule has 8 N–H and O–H groups in total. The Labute approximate surface area is 188 Å². The Morgan fingerprint density at radius 2 is 1.91 bits per heavy atom. The molecule has 0 heterocycles. The van der Waals surface area contributed by atoms with Gasteiger partial charge in [-0.2, -0.15) is 0 Å². The predicted octanol–water partition coefficient (Wildman–Crippen LogP) is 0.194. The van der Waals surface area contributed by atoms with E-state index in [1.54, 1.807) is 0 Å². The van der Waals surface area contributed by atoms with Crippen molar-refractivity contribution >= 4 is 19.3 Å². The van der Waals surface area contributed by atoms with Crippen LogP contribution in [0.15, 0.2) is 59.8 Å². The third-order valence-electron chi connectivity index (χ3n) is 4.11. The topological polar surface area (TPSA) is 160 Å². The molecular formula is C20H25BF3N3O6+. The number of benzene rings is 1. The van der Waals surface area contributed by atoms with E-state index >= 15 is 0 Å². The van der Waals surface area contributed by atoms with Gasteiger partial charge in [0.2, 0.25) is 5.91 Å². The van der Waals surface area contributed by atoms with Crippen molar-refractivity contribution in [1.82, 2.24) is 5.32 Å². The first-order valence-electron chi connectivity index (χ1n) is 9.45. The van der Waals surface area contributed by atoms with Crippen LogP contribution in [0.3, 0.4) is 0 Å². The number of rotatable bonds is 12. The van der Waals surface area contributed by atoms with Crippen molar-refractivity contribution in [1.29, 1.82) is 0 Å². The van der Waals surface area contributed by atoms with E-state index in [0.29, 0.717) is 5.57 Å². The summed E-state index contributed by atoms with van der Waals surface area (Å²) in [5, 5.41) is 18.6. The molecule has 0 saturated heterocycles. The van der Waals surface area contributed by atoms with Gasteiger partial charge in [0.15, 0.2) is 12.1 Å². The van der Waals surface area contributed by atoms with Crippen LogP contribution in [0.4, 0.5) is 13.2 Å². The summed E-state index contributed by atoms with van der Waals surface area (Å²) < 4.78 is 46.2. The van der Waals surface area contributed by atoms with Crippen molar-refractivity contribution < 1.29 is 42.4 Å². The lowest BCUT2D eigenvalue weighted by molar-refractivity contribution is -0.274. The van der Waals surface area contributed by atoms with Gasteiger partial charge in [-0.1, -0.05) is 12.1 Å². The minimum absolute atomic E-state index is 0.000559. The standard InChI is InChI=1S/C20H24BF3N3O6/c1-19(18(26)30,12-32-16(4-2-3-9-28)14(11-25)10-21-31)27-17(29)13-5-7-15(8-6-13)33-20(22,23)24/h2-8,10,28,31H,9,11-12,25H2,1H3,(H2,26,30)(H,27,29)/p+1/b3-2+,14-10+,16-4+. The van der Waals surface area contributed by atoms with Gasteiger partial charge in [-0.3, -0.25) is 9.59 Å². The number of halogens is 3. The fraction of sp³-hybridized carbons (Fsp3) is 0.300. The summed E-state index contributed by atoms with van der Waals surface area (Å²) in [6, 6.07) is 4.07. The first-order chi connectivity index (χ1) is 15.5. The van der Waals surface area contributed by atoms with E-state index in [-0.39, 0.29) is 24.5 Å². The van der Waals surface area contributed by atoms with Crippen molar-refractivity contribution in [3.8, 4) is 5.75 Å². The lowest BCUT2D eigenvalue weighted by Crippen LogP contribution is -2.58. The molecule has 0 aliphatic heterocycles. The van der Waals surface area contributed by atoms with Gasteiger partial charge >= 0.3 is 13.8 Å². The molecule has 33 heavy (non-hydrogen) atoms. The van der Waals surface area contributed by atoms with Crippen LogP contribution in [-0.2, 0) is 9.53 Å². The molecule has 0 aromatic heterocycles. The first kappa shape index (κ1) is 27.7. The number of hydrogen-bond acceptors (Lipinski definition) is 6. The van der Waals surface area contributed by atoms with Gasteiger partial charge < -0.3 is 36.4 Å². The van der Waals surface area contributed by atoms with Crippen molar-refractivity contribution in [3.05, 3.63) is 65.4 Å². The Morgan fingerprint density at radius 3 is 2.39 bits per heavy atom. The highest BCUT2D eigenvalue weighted by Gasteiger charge is 2.35. The van der Waals surface area contributed by atoms with Crippen LogP contribution in [-0.4, -0.2) is 61.1 Å². The number of carbonyl (C=O) groups is 2. The molecule has 179 valence electrons. The van der Waals surface area contributed by atoms with Gasteiger partial charge in [0.05, 0.1) is 0 Å². The Bertz CT molecular complexity index is 903. The zero-order valence-electron chi connectivity index (χ0n) is 17.7. The number of allylic oxidation sites excluding steroid dienone is 2. The second-order valence-corrected chi connectivity index (χ2v) is 6.72. The molecule has 0 saturated carbocycles. The van der Waals surface area contributed by atoms with Crippen molar-refractivity contribution in [2.24, 2.45) is 11.5 Å². The molecule has 1 atom stereocenters. The molecule has 0 aliphatic rings. The smallest absolute Gasteiger partial charge is 0.490 e. The molecule has 13 heteroatoms. The Balaban J connectivity index is 3.03. The van der Waals surface area contributed by atoms with E-state index in [0.717, 1.165) is 31.7 Å². The molecule has 1 rings (SSSR count). The zero-order chi connectivity index (χ0) is 25.1. The average Bonchev–Trinajstić information content (AvgIpc) is 2.74. The van der Waals surface area contributed by atoms with E-state index < -0.39 is 36.1 Å². The highest BCUT2D eigenvalue weighted by molar-refractivity contribution is 6.33. The van der Waals surface area contributed by atoms with Gasteiger partial charge in [-0.05, 0) is 48.9 Å². The highest BCUT2D eigenvalue weighted by atomic mass is 19.4. The minimum Gasteiger partial charge on any atom is -0.490 e. The number of primary amides is 1. The molecule has 0 fully saturated rings. The number of nitrogens with two attached hydrogens (primary N) is 2. The summed E-state index contributed by atoms with van der Waals surface area (Å²) in [7, 11) is 0.745. The number of hydrogen-bond donors (Lipinski definition) is 4. The molecule has 0 bridgehead atoms. The SMILES string of the molecule is CC(COC(=C/C=C/C[OH2+])/C(=C/[B]O)CN)(NC(=O)c1ccc(OC(F)(F)F)cc1)C(N)=O. The summed E-state index contributed by atoms with van der Waals surface area (Å²) in [5.74, 6) is -0.831. The largest absolute Gasteiger partial charge is 0.573 e. The third-order valence-corrected chi connectivity index (χ3v) is 4.11. The first-order valence-corrected chi connectivity index (χ1v) is 9.45. The molecule has 0 spiro atoms. The minimum atomic E-state index is -4.88. The normalized spacial score (nSPS) is 14.5. The van der Waals surface area contributed by atoms with E-state index in [1.165, 1.54) is 31.1 Å². The van der Waals surface area contributed by atoms with E-state index in [4.69, 9.17) is 26.3 Å². The second-order valence-electron chi connectivity index (χ2n) is 6.72. The summed E-state index contributed by atoms with van der Waals surface area (Å²) in [5.41, 5.74) is 9.67. The maximum Gasteiger partial charge on any atom is 0.573 e. The van der Waals surface area contributed by atoms with Crippen molar-refractivity contribution in [2.75, 3.05) is 19.8 Å². The molecular weight excluding hydrogens is 446 g/mol. The van der Waals surface area contributed by atoms with Crippen LogP contribution >= 0.6 is 0 Å². The summed E-state index contributed by atoms with van der Waals surface area (Å²) >= 11 is 0. The van der Waals surface area contributed by atoms with Crippen LogP contribution in [0, 0.1) is 0 Å². The third kappa shape index (κ3) is 9.39. The van der Waals surface area contributed by atoms with Crippen LogP contribution in [0.2, 0.25) is 0 Å². The molecule has 1 radical (unpaired) electrons. The number of amides is 2. The number of carbonyl (C=O) groups excluding carboxylic acids is 2. The maximum absolute atomic E-state index is 12.6. The van der Waals surface area contributed by atoms with Crippen molar-refractivity contribution in [2.45, 2.75) is 18.8 Å². The Hall–Kier alpha value is -3.29. The lowest BCUT2D eigenvalue weighted by Gasteiger charge is -2.28. The summed E-state index contributed by atoms with van der Waals surface area (Å²) in [6.45, 7) is 0.825. The van der Waals surface area contributed by atoms with Crippen LogP contribution in [0.25, 0.3) is 0 Å². The van der Waals surface area contributed by atoms with Gasteiger partial charge in [-0.25, -0.2) is 0 Å². The van der Waals surface area contributed by atoms with Gasteiger partial charge in [-0.15, -0.1) is 13.2 Å². The van der Waals surface area contributed by atoms with Crippen LogP contribution < -0.4 is 21.5 Å². The zero-order valence-corrected chi connectivity index (χ0v) is 17.7. The number of alkyl halides is 3. The number of nitrogens with one attached hydrogen (secondary N) is 1. The van der Waals surface area contributed by atoms with Crippen LogP contribution in [0.5, 0.6) is 5.75 Å². The van der Waals surface area contributed by atoms with Crippen molar-refractivity contribution in [3.63, 3.8) is 0 Å². The van der Waals surface area contributed by atoms with Gasteiger partial charge in [0.1, 0.15) is 18.1 Å². The Kier molecular flexibility index (Phi) is 10.7. The monoisotopic (exact) mass is 471 g/mol. The molecule has 1 unspecified atom stereocenters.